The molecule has 0 saturated carbocycles. The van der Waals surface area contributed by atoms with Crippen molar-refractivity contribution in [2.45, 2.75) is 19.4 Å². The summed E-state index contributed by atoms with van der Waals surface area (Å²) in [5.41, 5.74) is 10.8. The number of carboxylic acids is 1. The highest BCUT2D eigenvalue weighted by atomic mass is 19.1. The predicted molar refractivity (Wildman–Crippen MR) is 108 cm³/mol. The number of carboxylic acid groups (broad SMARTS) is 1. The lowest BCUT2D eigenvalue weighted by molar-refractivity contribution is 0.0695. The summed E-state index contributed by atoms with van der Waals surface area (Å²) < 4.78 is 30.0. The van der Waals surface area contributed by atoms with E-state index in [1.54, 1.807) is 11.8 Å². The van der Waals surface area contributed by atoms with Gasteiger partial charge in [0.2, 0.25) is 5.43 Å². The van der Waals surface area contributed by atoms with E-state index in [1.807, 2.05) is 0 Å². The lowest BCUT2D eigenvalue weighted by Crippen LogP contribution is -2.28. The van der Waals surface area contributed by atoms with Crippen LogP contribution in [-0.2, 0) is 0 Å². The maximum absolute atomic E-state index is 14.8. The van der Waals surface area contributed by atoms with Gasteiger partial charge in [-0.15, -0.1) is 0 Å². The summed E-state index contributed by atoms with van der Waals surface area (Å²) in [6, 6.07) is 3.38. The summed E-state index contributed by atoms with van der Waals surface area (Å²) in [6.07, 6.45) is 1.76. The van der Waals surface area contributed by atoms with Crippen molar-refractivity contribution in [3.63, 3.8) is 0 Å². The van der Waals surface area contributed by atoms with Crippen LogP contribution in [0.1, 0.15) is 22.3 Å². The van der Waals surface area contributed by atoms with Crippen molar-refractivity contribution < 1.29 is 18.7 Å². The molecule has 0 radical (unpaired) electrons. The number of aromatic carboxylic acids is 1. The van der Waals surface area contributed by atoms with Crippen LogP contribution in [0.25, 0.3) is 16.7 Å². The minimum Gasteiger partial charge on any atom is -0.477 e. The zero-order valence-corrected chi connectivity index (χ0v) is 16.0. The Labute approximate surface area is 169 Å². The fourth-order valence-electron chi connectivity index (χ4n) is 3.70. The number of benzene rings is 1. The number of rotatable bonds is 3. The molecule has 8 nitrogen and oxygen atoms in total. The zero-order valence-electron chi connectivity index (χ0n) is 16.0. The largest absolute Gasteiger partial charge is 0.477 e. The highest BCUT2D eigenvalue weighted by Gasteiger charge is 2.26. The molecule has 0 bridgehead atoms. The van der Waals surface area contributed by atoms with Gasteiger partial charge in [-0.3, -0.25) is 9.36 Å². The third-order valence-corrected chi connectivity index (χ3v) is 5.36. The van der Waals surface area contributed by atoms with Crippen LogP contribution in [-0.4, -0.2) is 39.8 Å². The van der Waals surface area contributed by atoms with Gasteiger partial charge in [-0.2, -0.15) is 0 Å². The predicted octanol–water partition coefficient (Wildman–Crippen LogP) is 1.79. The third kappa shape index (κ3) is 3.05. The van der Waals surface area contributed by atoms with E-state index in [9.17, 15) is 23.5 Å². The molecule has 1 aliphatic heterocycles. The number of anilines is 2. The van der Waals surface area contributed by atoms with Gasteiger partial charge in [0, 0.05) is 25.3 Å². The lowest BCUT2D eigenvalue weighted by Gasteiger charge is -2.20. The maximum atomic E-state index is 14.8. The average Bonchev–Trinajstić information content (AvgIpc) is 3.13. The van der Waals surface area contributed by atoms with Gasteiger partial charge in [0.15, 0.2) is 17.3 Å². The van der Waals surface area contributed by atoms with Crippen LogP contribution >= 0.6 is 0 Å². The number of pyridine rings is 2. The fourth-order valence-corrected chi connectivity index (χ4v) is 3.70. The summed E-state index contributed by atoms with van der Waals surface area (Å²) in [5.74, 6) is -2.85. The highest BCUT2D eigenvalue weighted by molar-refractivity contribution is 5.92. The van der Waals surface area contributed by atoms with Crippen LogP contribution in [0.3, 0.4) is 0 Å². The van der Waals surface area contributed by atoms with Gasteiger partial charge in [0.25, 0.3) is 0 Å². The molecular formula is C20H19F2N5O3. The normalized spacial score (nSPS) is 16.4. The van der Waals surface area contributed by atoms with Crippen LogP contribution in [0.2, 0.25) is 0 Å². The van der Waals surface area contributed by atoms with E-state index in [2.05, 4.69) is 4.98 Å². The molecule has 3 heterocycles. The second-order valence-electron chi connectivity index (χ2n) is 7.31. The van der Waals surface area contributed by atoms with Crippen molar-refractivity contribution in [2.24, 2.45) is 5.73 Å². The quantitative estimate of drug-likeness (QED) is 0.557. The Hall–Kier alpha value is -3.53. The van der Waals surface area contributed by atoms with Crippen molar-refractivity contribution in [1.29, 1.82) is 0 Å². The number of hydrogen-bond donors (Lipinski definition) is 3. The zero-order chi connectivity index (χ0) is 21.7. The number of nitrogens with zero attached hydrogens (tertiary/aromatic N) is 3. The summed E-state index contributed by atoms with van der Waals surface area (Å²) >= 11 is 0. The van der Waals surface area contributed by atoms with Gasteiger partial charge < -0.3 is 21.5 Å². The van der Waals surface area contributed by atoms with Gasteiger partial charge in [0.1, 0.15) is 11.4 Å². The van der Waals surface area contributed by atoms with Crippen molar-refractivity contribution in [2.75, 3.05) is 23.7 Å². The summed E-state index contributed by atoms with van der Waals surface area (Å²) in [7, 11) is 0. The second kappa shape index (κ2) is 7.06. The molecule has 10 heteroatoms. The number of nitrogens with two attached hydrogens (primary N) is 2. The van der Waals surface area contributed by atoms with Gasteiger partial charge >= 0.3 is 5.97 Å². The second-order valence-corrected chi connectivity index (χ2v) is 7.31. The standard InChI is InChI=1S/C20H19F2N5O3/c1-9-15(3-2-13(21)16(9)24)27-8-12(20(29)30)17(28)11-6-14(22)19(25-18(11)27)26-5-4-10(23)7-26/h2-3,6,8,10H,4-5,7,23-24H2,1H3,(H,29,30)/t10-/m0/s1. The van der Waals surface area contributed by atoms with Crippen LogP contribution in [0.4, 0.5) is 20.3 Å². The first-order chi connectivity index (χ1) is 14.2. The molecular weight excluding hydrogens is 396 g/mol. The smallest absolute Gasteiger partial charge is 0.341 e. The third-order valence-electron chi connectivity index (χ3n) is 5.36. The molecule has 1 aromatic carbocycles. The SMILES string of the molecule is Cc1c(-n2cc(C(=O)O)c(=O)c3cc(F)c(N4CC[C@H](N)C4)nc32)ccc(F)c1N. The fraction of sp³-hybridized carbons (Fsp3) is 0.250. The number of carbonyl (C=O) groups is 1. The minimum absolute atomic E-state index is 0.0133. The van der Waals surface area contributed by atoms with E-state index in [0.29, 0.717) is 30.8 Å². The Bertz CT molecular complexity index is 1260. The number of hydrogen-bond acceptors (Lipinski definition) is 6. The van der Waals surface area contributed by atoms with Crippen LogP contribution in [0, 0.1) is 18.6 Å². The van der Waals surface area contributed by atoms with E-state index in [-0.39, 0.29) is 28.6 Å². The van der Waals surface area contributed by atoms with Crippen LogP contribution in [0.5, 0.6) is 0 Å². The molecule has 0 amide bonds. The van der Waals surface area contributed by atoms with Gasteiger partial charge in [-0.05, 0) is 37.1 Å². The molecule has 0 unspecified atom stereocenters. The minimum atomic E-state index is -1.47. The maximum Gasteiger partial charge on any atom is 0.341 e. The van der Waals surface area contributed by atoms with Gasteiger partial charge in [-0.25, -0.2) is 18.6 Å². The molecule has 2 aromatic heterocycles. The van der Waals surface area contributed by atoms with Crippen molar-refractivity contribution >= 4 is 28.5 Å². The number of nitrogen functional groups attached to an aromatic ring is 1. The number of aromatic nitrogens is 2. The first-order valence-corrected chi connectivity index (χ1v) is 9.23. The Morgan fingerprint density at radius 2 is 2.03 bits per heavy atom. The highest BCUT2D eigenvalue weighted by Crippen LogP contribution is 2.28. The molecule has 1 saturated heterocycles. The molecule has 1 fully saturated rings. The van der Waals surface area contributed by atoms with E-state index >= 15 is 0 Å². The van der Waals surface area contributed by atoms with Crippen molar-refractivity contribution in [3.05, 3.63) is 57.4 Å². The molecule has 1 atom stereocenters. The van der Waals surface area contributed by atoms with Crippen molar-refractivity contribution in [1.82, 2.24) is 9.55 Å². The van der Waals surface area contributed by atoms with Gasteiger partial charge in [-0.1, -0.05) is 0 Å². The number of fused-ring (bicyclic) bond motifs is 1. The van der Waals surface area contributed by atoms with E-state index < -0.39 is 28.6 Å². The average molecular weight is 415 g/mol. The molecule has 0 spiro atoms. The molecule has 5 N–H and O–H groups in total. The van der Waals surface area contributed by atoms with Gasteiger partial charge in [0.05, 0.1) is 16.8 Å². The van der Waals surface area contributed by atoms with Crippen molar-refractivity contribution in [3.8, 4) is 5.69 Å². The Kier molecular flexibility index (Phi) is 4.65. The molecule has 156 valence electrons. The van der Waals surface area contributed by atoms with Crippen LogP contribution in [0.15, 0.2) is 29.2 Å². The first kappa shape index (κ1) is 19.8. The topological polar surface area (TPSA) is 127 Å². The first-order valence-electron chi connectivity index (χ1n) is 9.23. The number of halogens is 2. The lowest BCUT2D eigenvalue weighted by atomic mass is 10.1. The Balaban J connectivity index is 2.07. The molecule has 4 rings (SSSR count). The monoisotopic (exact) mass is 415 g/mol. The van der Waals surface area contributed by atoms with E-state index in [1.165, 1.54) is 10.6 Å². The summed E-state index contributed by atoms with van der Waals surface area (Å²) in [4.78, 5) is 30.3. The van der Waals surface area contributed by atoms with E-state index in [0.717, 1.165) is 18.3 Å². The molecule has 0 aliphatic carbocycles. The molecule has 3 aromatic rings. The summed E-state index contributed by atoms with van der Waals surface area (Å²) in [6.45, 7) is 2.45. The molecule has 30 heavy (non-hydrogen) atoms. The van der Waals surface area contributed by atoms with Crippen LogP contribution < -0.4 is 21.8 Å². The van der Waals surface area contributed by atoms with E-state index in [4.69, 9.17) is 11.5 Å². The summed E-state index contributed by atoms with van der Waals surface area (Å²) in [5, 5.41) is 9.25. The Morgan fingerprint density at radius 1 is 1.30 bits per heavy atom. The Morgan fingerprint density at radius 3 is 2.67 bits per heavy atom. The molecule has 1 aliphatic rings.